The van der Waals surface area contributed by atoms with E-state index in [-0.39, 0.29) is 18.0 Å². The standard InChI is InChI=1S/C23H21N3O2/c27-22(18-11-5-8-14-6-1-3-9-16(14)18)25-26-23(28)24-21-19-13-12-15-7-2-4-10-17(15)20(19)21/h1-11,19-21H,12-13H2,(H,25,27)(H2,24,26,28). The minimum absolute atomic E-state index is 0.137. The molecular weight excluding hydrogens is 350 g/mol. The summed E-state index contributed by atoms with van der Waals surface area (Å²) < 4.78 is 0. The SMILES string of the molecule is O=C(NNC(=O)c1cccc2ccccc12)NC1C2CCc3ccccc3C21. The van der Waals surface area contributed by atoms with Gasteiger partial charge in [0.15, 0.2) is 0 Å². The molecule has 3 N–H and O–H groups in total. The number of hydrogen-bond donors (Lipinski definition) is 3. The third-order valence-electron chi connectivity index (χ3n) is 5.95. The Bertz CT molecular complexity index is 1070. The van der Waals surface area contributed by atoms with E-state index < -0.39 is 0 Å². The van der Waals surface area contributed by atoms with E-state index in [1.54, 1.807) is 6.07 Å². The van der Waals surface area contributed by atoms with Crippen LogP contribution in [0.1, 0.15) is 33.8 Å². The minimum atomic E-state index is -0.370. The Morgan fingerprint density at radius 2 is 1.64 bits per heavy atom. The molecule has 0 bridgehead atoms. The third-order valence-corrected chi connectivity index (χ3v) is 5.95. The van der Waals surface area contributed by atoms with E-state index in [9.17, 15) is 9.59 Å². The largest absolute Gasteiger partial charge is 0.333 e. The minimum Gasteiger partial charge on any atom is -0.333 e. The monoisotopic (exact) mass is 371 g/mol. The summed E-state index contributed by atoms with van der Waals surface area (Å²) in [5.41, 5.74) is 8.30. The number of urea groups is 1. The van der Waals surface area contributed by atoms with Gasteiger partial charge in [-0.05, 0) is 46.7 Å². The first-order valence-electron chi connectivity index (χ1n) is 9.65. The zero-order valence-electron chi connectivity index (χ0n) is 15.3. The second kappa shape index (κ2) is 6.68. The highest BCUT2D eigenvalue weighted by molar-refractivity contribution is 6.07. The van der Waals surface area contributed by atoms with Crippen LogP contribution in [0.3, 0.4) is 0 Å². The first-order valence-corrected chi connectivity index (χ1v) is 9.65. The molecule has 2 aliphatic rings. The van der Waals surface area contributed by atoms with E-state index >= 15 is 0 Å². The molecule has 2 aliphatic carbocycles. The van der Waals surface area contributed by atoms with Crippen LogP contribution in [-0.4, -0.2) is 18.0 Å². The van der Waals surface area contributed by atoms with E-state index in [0.717, 1.165) is 23.6 Å². The van der Waals surface area contributed by atoms with Crippen molar-refractivity contribution in [1.82, 2.24) is 16.2 Å². The van der Waals surface area contributed by atoms with Crippen LogP contribution in [0, 0.1) is 5.92 Å². The van der Waals surface area contributed by atoms with Crippen molar-refractivity contribution < 1.29 is 9.59 Å². The summed E-state index contributed by atoms with van der Waals surface area (Å²) >= 11 is 0. The fourth-order valence-corrected chi connectivity index (χ4v) is 4.55. The lowest BCUT2D eigenvalue weighted by Crippen LogP contribution is -2.48. The molecular formula is C23H21N3O2. The quantitative estimate of drug-likeness (QED) is 0.603. The maximum atomic E-state index is 12.5. The van der Waals surface area contributed by atoms with Crippen molar-refractivity contribution in [2.75, 3.05) is 0 Å². The van der Waals surface area contributed by atoms with E-state index in [1.165, 1.54) is 11.1 Å². The van der Waals surface area contributed by atoms with Crippen LogP contribution in [0.2, 0.25) is 0 Å². The molecule has 5 nitrogen and oxygen atoms in total. The first-order chi connectivity index (χ1) is 13.7. The Kier molecular flexibility index (Phi) is 4.01. The summed E-state index contributed by atoms with van der Waals surface area (Å²) in [5.74, 6) is 0.560. The van der Waals surface area contributed by atoms with Crippen molar-refractivity contribution in [2.24, 2.45) is 5.92 Å². The molecule has 5 heteroatoms. The van der Waals surface area contributed by atoms with Crippen molar-refractivity contribution in [3.8, 4) is 0 Å². The zero-order valence-corrected chi connectivity index (χ0v) is 15.3. The lowest BCUT2D eigenvalue weighted by Gasteiger charge is -2.13. The van der Waals surface area contributed by atoms with Crippen LogP contribution < -0.4 is 16.2 Å². The molecule has 3 unspecified atom stereocenters. The van der Waals surface area contributed by atoms with Gasteiger partial charge in [-0.25, -0.2) is 10.2 Å². The lowest BCUT2D eigenvalue weighted by atomic mass is 9.92. The molecule has 0 saturated heterocycles. The lowest BCUT2D eigenvalue weighted by molar-refractivity contribution is 0.0938. The maximum absolute atomic E-state index is 12.5. The van der Waals surface area contributed by atoms with E-state index in [4.69, 9.17) is 0 Å². The number of nitrogens with one attached hydrogen (secondary N) is 3. The Hall–Kier alpha value is -3.34. The number of carbonyl (C=O) groups is 2. The van der Waals surface area contributed by atoms with Gasteiger partial charge < -0.3 is 5.32 Å². The van der Waals surface area contributed by atoms with Gasteiger partial charge in [0.1, 0.15) is 0 Å². The Labute approximate surface area is 163 Å². The molecule has 0 radical (unpaired) electrons. The Balaban J connectivity index is 1.21. The number of benzene rings is 3. The smallest absolute Gasteiger partial charge is 0.333 e. The van der Waals surface area contributed by atoms with Crippen molar-refractivity contribution in [1.29, 1.82) is 0 Å². The van der Waals surface area contributed by atoms with Gasteiger partial charge in [-0.2, -0.15) is 0 Å². The van der Waals surface area contributed by atoms with Gasteiger partial charge in [-0.1, -0.05) is 60.7 Å². The number of aryl methyl sites for hydroxylation is 1. The van der Waals surface area contributed by atoms with Crippen molar-refractivity contribution >= 4 is 22.7 Å². The molecule has 1 saturated carbocycles. The van der Waals surface area contributed by atoms with Crippen LogP contribution >= 0.6 is 0 Å². The number of amides is 3. The molecule has 3 amide bonds. The highest BCUT2D eigenvalue weighted by Gasteiger charge is 2.53. The Morgan fingerprint density at radius 1 is 0.857 bits per heavy atom. The maximum Gasteiger partial charge on any atom is 0.333 e. The number of fused-ring (bicyclic) bond motifs is 4. The Morgan fingerprint density at radius 3 is 2.57 bits per heavy atom. The van der Waals surface area contributed by atoms with E-state index in [2.05, 4.69) is 40.4 Å². The van der Waals surface area contributed by atoms with Gasteiger partial charge in [0.25, 0.3) is 5.91 Å². The predicted molar refractivity (Wildman–Crippen MR) is 108 cm³/mol. The molecule has 3 aromatic rings. The van der Waals surface area contributed by atoms with Crippen LogP contribution in [0.4, 0.5) is 4.79 Å². The predicted octanol–water partition coefficient (Wildman–Crippen LogP) is 3.51. The van der Waals surface area contributed by atoms with Gasteiger partial charge in [-0.15, -0.1) is 0 Å². The highest BCUT2D eigenvalue weighted by atomic mass is 16.2. The number of hydrazine groups is 1. The molecule has 3 aromatic carbocycles. The van der Waals surface area contributed by atoms with Crippen LogP contribution in [0.15, 0.2) is 66.7 Å². The summed E-state index contributed by atoms with van der Waals surface area (Å²) in [5, 5.41) is 4.86. The van der Waals surface area contributed by atoms with Gasteiger partial charge in [0.05, 0.1) is 0 Å². The third kappa shape index (κ3) is 2.89. The van der Waals surface area contributed by atoms with Gasteiger partial charge in [0.2, 0.25) is 0 Å². The molecule has 5 rings (SSSR count). The molecule has 0 heterocycles. The van der Waals surface area contributed by atoms with Crippen molar-refractivity contribution in [3.63, 3.8) is 0 Å². The molecule has 28 heavy (non-hydrogen) atoms. The fraction of sp³-hybridized carbons (Fsp3) is 0.217. The van der Waals surface area contributed by atoms with Crippen LogP contribution in [0.25, 0.3) is 10.8 Å². The molecule has 140 valence electrons. The van der Waals surface area contributed by atoms with Crippen molar-refractivity contribution in [3.05, 3.63) is 83.4 Å². The highest BCUT2D eigenvalue weighted by Crippen LogP contribution is 2.54. The summed E-state index contributed by atoms with van der Waals surface area (Å²) in [4.78, 5) is 24.8. The fourth-order valence-electron chi connectivity index (χ4n) is 4.55. The average Bonchev–Trinajstić information content (AvgIpc) is 3.44. The number of carbonyl (C=O) groups excluding carboxylic acids is 2. The first kappa shape index (κ1) is 16.8. The molecule has 0 aliphatic heterocycles. The normalized spacial score (nSPS) is 21.9. The molecule has 0 spiro atoms. The number of rotatable bonds is 2. The molecule has 1 fully saturated rings. The summed E-state index contributed by atoms with van der Waals surface area (Å²) in [7, 11) is 0. The topological polar surface area (TPSA) is 70.2 Å². The van der Waals surface area contributed by atoms with Gasteiger partial charge in [0, 0.05) is 17.5 Å². The van der Waals surface area contributed by atoms with Gasteiger partial charge in [-0.3, -0.25) is 10.2 Å². The van der Waals surface area contributed by atoms with Gasteiger partial charge >= 0.3 is 6.03 Å². The zero-order chi connectivity index (χ0) is 19.1. The number of hydrogen-bond acceptors (Lipinski definition) is 2. The second-order valence-corrected chi connectivity index (χ2v) is 7.53. The summed E-state index contributed by atoms with van der Waals surface area (Å²) in [6.07, 6.45) is 2.16. The summed E-state index contributed by atoms with van der Waals surface area (Å²) in [6, 6.07) is 21.5. The summed E-state index contributed by atoms with van der Waals surface area (Å²) in [6.45, 7) is 0. The molecule has 3 atom stereocenters. The molecule has 0 aromatic heterocycles. The van der Waals surface area contributed by atoms with Crippen LogP contribution in [0.5, 0.6) is 0 Å². The van der Waals surface area contributed by atoms with E-state index in [1.807, 2.05) is 36.4 Å². The van der Waals surface area contributed by atoms with Crippen molar-refractivity contribution in [2.45, 2.75) is 24.8 Å². The second-order valence-electron chi connectivity index (χ2n) is 7.53. The van der Waals surface area contributed by atoms with E-state index in [0.29, 0.717) is 17.4 Å². The van der Waals surface area contributed by atoms with Crippen LogP contribution in [-0.2, 0) is 6.42 Å². The average molecular weight is 371 g/mol.